The molecule has 26 heavy (non-hydrogen) atoms. The van der Waals surface area contributed by atoms with Crippen molar-refractivity contribution in [1.29, 1.82) is 0 Å². The first kappa shape index (κ1) is 19.2. The molecule has 0 aliphatic carbocycles. The predicted molar refractivity (Wildman–Crippen MR) is 102 cm³/mol. The van der Waals surface area contributed by atoms with Gasteiger partial charge in [-0.15, -0.1) is 0 Å². The van der Waals surface area contributed by atoms with E-state index in [1.165, 1.54) is 0 Å². The minimum absolute atomic E-state index is 0.183. The molecule has 0 saturated carbocycles. The van der Waals surface area contributed by atoms with Gasteiger partial charge in [0, 0.05) is 11.1 Å². The van der Waals surface area contributed by atoms with Crippen molar-refractivity contribution in [3.8, 4) is 0 Å². The number of hydrogen-bond donors (Lipinski definition) is 2. The van der Waals surface area contributed by atoms with Crippen LogP contribution in [0.3, 0.4) is 0 Å². The molecule has 0 amide bonds. The van der Waals surface area contributed by atoms with Crippen molar-refractivity contribution in [3.63, 3.8) is 0 Å². The second-order valence-electron chi connectivity index (χ2n) is 6.11. The van der Waals surface area contributed by atoms with Crippen LogP contribution in [-0.4, -0.2) is 22.2 Å². The van der Waals surface area contributed by atoms with E-state index >= 15 is 0 Å². The molecule has 0 unspecified atom stereocenters. The number of benzene rings is 2. The summed E-state index contributed by atoms with van der Waals surface area (Å²) in [5, 5.41) is 18.3. The summed E-state index contributed by atoms with van der Waals surface area (Å²) in [7, 11) is 0. The molecule has 0 fully saturated rings. The molecule has 0 aliphatic heterocycles. The van der Waals surface area contributed by atoms with Crippen molar-refractivity contribution in [3.05, 3.63) is 89.0 Å². The third-order valence-electron chi connectivity index (χ3n) is 4.14. The van der Waals surface area contributed by atoms with Gasteiger partial charge < -0.3 is 10.2 Å². The van der Waals surface area contributed by atoms with E-state index in [9.17, 15) is 14.7 Å². The molecule has 0 radical (unpaired) electrons. The second kappa shape index (κ2) is 9.37. The fourth-order valence-corrected chi connectivity index (χ4v) is 2.55. The van der Waals surface area contributed by atoms with E-state index in [-0.39, 0.29) is 5.57 Å². The van der Waals surface area contributed by atoms with Gasteiger partial charge in [-0.3, -0.25) is 0 Å². The SMILES string of the molecule is C=C(CCc1ccc(C=C(CCc2ccccc2)C(=O)O)cc1)C(=O)O. The largest absolute Gasteiger partial charge is 0.478 e. The Morgan fingerprint density at radius 1 is 0.808 bits per heavy atom. The van der Waals surface area contributed by atoms with Crippen LogP contribution in [0.1, 0.15) is 29.5 Å². The summed E-state index contributed by atoms with van der Waals surface area (Å²) < 4.78 is 0. The van der Waals surface area contributed by atoms with Crippen LogP contribution in [0, 0.1) is 0 Å². The van der Waals surface area contributed by atoms with Crippen molar-refractivity contribution in [2.75, 3.05) is 0 Å². The van der Waals surface area contributed by atoms with Crippen molar-refractivity contribution in [2.24, 2.45) is 0 Å². The van der Waals surface area contributed by atoms with Gasteiger partial charge in [-0.25, -0.2) is 9.59 Å². The van der Waals surface area contributed by atoms with Crippen LogP contribution in [0.2, 0.25) is 0 Å². The van der Waals surface area contributed by atoms with E-state index in [4.69, 9.17) is 5.11 Å². The molecule has 0 heterocycles. The normalized spacial score (nSPS) is 11.2. The van der Waals surface area contributed by atoms with Gasteiger partial charge in [-0.2, -0.15) is 0 Å². The van der Waals surface area contributed by atoms with Crippen molar-refractivity contribution < 1.29 is 19.8 Å². The van der Waals surface area contributed by atoms with Crippen LogP contribution in [0.5, 0.6) is 0 Å². The van der Waals surface area contributed by atoms with Crippen LogP contribution in [0.4, 0.5) is 0 Å². The first-order valence-corrected chi connectivity index (χ1v) is 8.43. The van der Waals surface area contributed by atoms with Crippen molar-refractivity contribution in [2.45, 2.75) is 25.7 Å². The smallest absolute Gasteiger partial charge is 0.331 e. The molecule has 0 saturated heterocycles. The highest BCUT2D eigenvalue weighted by Crippen LogP contribution is 2.16. The average Bonchev–Trinajstić information content (AvgIpc) is 2.64. The number of carbonyl (C=O) groups is 2. The molecule has 4 heteroatoms. The number of rotatable bonds is 9. The quantitative estimate of drug-likeness (QED) is 0.659. The number of carboxylic acids is 2. The summed E-state index contributed by atoms with van der Waals surface area (Å²) in [6.45, 7) is 3.52. The highest BCUT2D eigenvalue weighted by Gasteiger charge is 2.08. The Morgan fingerprint density at radius 3 is 1.96 bits per heavy atom. The molecule has 0 spiro atoms. The van der Waals surface area contributed by atoms with E-state index in [2.05, 4.69) is 6.58 Å². The minimum atomic E-state index is -0.978. The maximum atomic E-state index is 11.5. The van der Waals surface area contributed by atoms with Gasteiger partial charge in [-0.05, 0) is 48.4 Å². The lowest BCUT2D eigenvalue weighted by Crippen LogP contribution is -2.02. The average molecular weight is 350 g/mol. The molecule has 134 valence electrons. The summed E-state index contributed by atoms with van der Waals surface area (Å²) in [4.78, 5) is 22.3. The Labute approximate surface area is 153 Å². The summed E-state index contributed by atoms with van der Waals surface area (Å²) in [5.41, 5.74) is 3.46. The molecule has 2 rings (SSSR count). The predicted octanol–water partition coefficient (Wildman–Crippen LogP) is 4.36. The number of hydrogen-bond acceptors (Lipinski definition) is 2. The molecule has 0 atom stereocenters. The zero-order valence-electron chi connectivity index (χ0n) is 14.5. The van der Waals surface area contributed by atoms with Gasteiger partial charge in [0.25, 0.3) is 0 Å². The Bertz CT molecular complexity index is 802. The minimum Gasteiger partial charge on any atom is -0.478 e. The van der Waals surface area contributed by atoms with Crippen LogP contribution < -0.4 is 0 Å². The molecular formula is C22H22O4. The molecule has 0 aliphatic rings. The summed E-state index contributed by atoms with van der Waals surface area (Å²) >= 11 is 0. The van der Waals surface area contributed by atoms with Crippen molar-refractivity contribution >= 4 is 18.0 Å². The summed E-state index contributed by atoms with van der Waals surface area (Å²) in [5.74, 6) is -1.89. The Hall–Kier alpha value is -3.14. The van der Waals surface area contributed by atoms with E-state index < -0.39 is 11.9 Å². The molecule has 0 aromatic heterocycles. The van der Waals surface area contributed by atoms with Gasteiger partial charge >= 0.3 is 11.9 Å². The first-order valence-electron chi connectivity index (χ1n) is 8.43. The number of aryl methyl sites for hydroxylation is 2. The van der Waals surface area contributed by atoms with Crippen LogP contribution >= 0.6 is 0 Å². The van der Waals surface area contributed by atoms with Gasteiger partial charge in [-0.1, -0.05) is 61.2 Å². The van der Waals surface area contributed by atoms with E-state index in [1.807, 2.05) is 54.6 Å². The zero-order chi connectivity index (χ0) is 18.9. The third kappa shape index (κ3) is 6.06. The third-order valence-corrected chi connectivity index (χ3v) is 4.14. The maximum Gasteiger partial charge on any atom is 0.331 e. The van der Waals surface area contributed by atoms with Gasteiger partial charge in [0.2, 0.25) is 0 Å². The molecule has 4 nitrogen and oxygen atoms in total. The molecule has 0 bridgehead atoms. The van der Waals surface area contributed by atoms with Crippen LogP contribution in [0.15, 0.2) is 72.3 Å². The highest BCUT2D eigenvalue weighted by molar-refractivity contribution is 5.92. The van der Waals surface area contributed by atoms with Crippen LogP contribution in [0.25, 0.3) is 6.08 Å². The lowest BCUT2D eigenvalue weighted by atomic mass is 10.0. The lowest BCUT2D eigenvalue weighted by molar-refractivity contribution is -0.133. The standard InChI is InChI=1S/C22H22O4/c1-16(21(23)24)7-8-18-9-11-19(12-10-18)15-20(22(25)26)14-13-17-5-3-2-4-6-17/h2-6,9-12,15H,1,7-8,13-14H2,(H,23,24)(H,25,26). The number of aliphatic carboxylic acids is 2. The van der Waals surface area contributed by atoms with Gasteiger partial charge in [0.05, 0.1) is 0 Å². The Balaban J connectivity index is 2.01. The Morgan fingerprint density at radius 2 is 1.38 bits per heavy atom. The van der Waals surface area contributed by atoms with Crippen LogP contribution in [-0.2, 0) is 22.4 Å². The highest BCUT2D eigenvalue weighted by atomic mass is 16.4. The molecule has 2 N–H and O–H groups in total. The maximum absolute atomic E-state index is 11.5. The van der Waals surface area contributed by atoms with Gasteiger partial charge in [0.1, 0.15) is 0 Å². The lowest BCUT2D eigenvalue weighted by Gasteiger charge is -2.05. The summed E-state index contributed by atoms with van der Waals surface area (Å²) in [6, 6.07) is 17.3. The fraction of sp³-hybridized carbons (Fsp3) is 0.182. The van der Waals surface area contributed by atoms with E-state index in [0.717, 1.165) is 16.7 Å². The monoisotopic (exact) mass is 350 g/mol. The topological polar surface area (TPSA) is 74.6 Å². The number of carboxylic acid groups (broad SMARTS) is 2. The first-order chi connectivity index (χ1) is 12.5. The van der Waals surface area contributed by atoms with E-state index in [1.54, 1.807) is 6.08 Å². The Kier molecular flexibility index (Phi) is 6.92. The second-order valence-corrected chi connectivity index (χ2v) is 6.11. The fourth-order valence-electron chi connectivity index (χ4n) is 2.55. The zero-order valence-corrected chi connectivity index (χ0v) is 14.5. The van der Waals surface area contributed by atoms with E-state index in [0.29, 0.717) is 31.3 Å². The molecule has 2 aromatic rings. The molecule has 2 aromatic carbocycles. The summed E-state index contributed by atoms with van der Waals surface area (Å²) in [6.07, 6.45) is 3.80. The van der Waals surface area contributed by atoms with Crippen molar-refractivity contribution in [1.82, 2.24) is 0 Å². The molecular weight excluding hydrogens is 328 g/mol. The van der Waals surface area contributed by atoms with Gasteiger partial charge in [0.15, 0.2) is 0 Å².